The Kier molecular flexibility index (Phi) is 4.34. The topological polar surface area (TPSA) is 57.1 Å². The van der Waals surface area contributed by atoms with Gasteiger partial charge in [0.05, 0.1) is 14.2 Å². The number of nitrogens with zero attached hydrogens (tertiary/aromatic N) is 1. The Hall–Kier alpha value is -3.60. The molecule has 0 bridgehead atoms. The van der Waals surface area contributed by atoms with Gasteiger partial charge in [-0.15, -0.1) is 0 Å². The first-order valence-corrected chi connectivity index (χ1v) is 8.42. The first kappa shape index (κ1) is 16.8. The standard InChI is InChI=1S/C22H17NO4/c1-25-19-11-10-14(13-20(19)26-2)12-18-22(24)27-21(23-18)17-9-5-7-15-6-3-4-8-16(15)17/h3-13H,1-2H3/b18-12+. The van der Waals surface area contributed by atoms with Crippen molar-refractivity contribution >= 4 is 28.7 Å². The zero-order valence-corrected chi connectivity index (χ0v) is 14.9. The van der Waals surface area contributed by atoms with E-state index in [9.17, 15) is 4.79 Å². The van der Waals surface area contributed by atoms with Crippen molar-refractivity contribution in [3.63, 3.8) is 0 Å². The van der Waals surface area contributed by atoms with Gasteiger partial charge in [0.25, 0.3) is 0 Å². The number of carbonyl (C=O) groups excluding carboxylic acids is 1. The van der Waals surface area contributed by atoms with Gasteiger partial charge in [0.2, 0.25) is 5.90 Å². The third-order valence-electron chi connectivity index (χ3n) is 4.35. The summed E-state index contributed by atoms with van der Waals surface area (Å²) in [6, 6.07) is 19.1. The van der Waals surface area contributed by atoms with Crippen molar-refractivity contribution in [1.82, 2.24) is 0 Å². The molecule has 1 heterocycles. The van der Waals surface area contributed by atoms with E-state index in [4.69, 9.17) is 14.2 Å². The minimum absolute atomic E-state index is 0.241. The number of hydrogen-bond donors (Lipinski definition) is 0. The predicted octanol–water partition coefficient (Wildman–Crippen LogP) is 4.20. The maximum atomic E-state index is 12.3. The molecule has 27 heavy (non-hydrogen) atoms. The van der Waals surface area contributed by atoms with Gasteiger partial charge >= 0.3 is 5.97 Å². The van der Waals surface area contributed by atoms with Crippen LogP contribution in [0.25, 0.3) is 16.8 Å². The van der Waals surface area contributed by atoms with Gasteiger partial charge in [-0.25, -0.2) is 9.79 Å². The predicted molar refractivity (Wildman–Crippen MR) is 104 cm³/mol. The van der Waals surface area contributed by atoms with E-state index in [1.807, 2.05) is 48.5 Å². The zero-order valence-electron chi connectivity index (χ0n) is 14.9. The molecule has 3 aromatic rings. The number of benzene rings is 3. The van der Waals surface area contributed by atoms with Crippen LogP contribution >= 0.6 is 0 Å². The number of rotatable bonds is 4. The highest BCUT2D eigenvalue weighted by molar-refractivity contribution is 6.17. The summed E-state index contributed by atoms with van der Waals surface area (Å²) in [4.78, 5) is 16.7. The highest BCUT2D eigenvalue weighted by atomic mass is 16.6. The van der Waals surface area contributed by atoms with Gasteiger partial charge in [-0.2, -0.15) is 0 Å². The Morgan fingerprint density at radius 1 is 0.926 bits per heavy atom. The molecule has 5 nitrogen and oxygen atoms in total. The van der Waals surface area contributed by atoms with Crippen LogP contribution in [0.5, 0.6) is 11.5 Å². The molecule has 0 aliphatic carbocycles. The summed E-state index contributed by atoms with van der Waals surface area (Å²) < 4.78 is 16.0. The van der Waals surface area contributed by atoms with Gasteiger partial charge in [-0.05, 0) is 40.6 Å². The number of cyclic esters (lactones) is 1. The molecular weight excluding hydrogens is 342 g/mol. The minimum atomic E-state index is -0.479. The number of hydrogen-bond acceptors (Lipinski definition) is 5. The maximum Gasteiger partial charge on any atom is 0.363 e. The quantitative estimate of drug-likeness (QED) is 0.517. The molecule has 0 aromatic heterocycles. The molecule has 134 valence electrons. The molecule has 0 atom stereocenters. The zero-order chi connectivity index (χ0) is 18.8. The van der Waals surface area contributed by atoms with E-state index in [1.165, 1.54) is 0 Å². The smallest absolute Gasteiger partial charge is 0.363 e. The molecule has 4 rings (SSSR count). The molecule has 0 unspecified atom stereocenters. The lowest BCUT2D eigenvalue weighted by molar-refractivity contribution is -0.129. The lowest BCUT2D eigenvalue weighted by Crippen LogP contribution is -2.05. The summed E-state index contributed by atoms with van der Waals surface area (Å²) in [6.07, 6.45) is 1.67. The second-order valence-electron chi connectivity index (χ2n) is 5.98. The largest absolute Gasteiger partial charge is 0.493 e. The Bertz CT molecular complexity index is 1090. The fraction of sp³-hybridized carbons (Fsp3) is 0.0909. The van der Waals surface area contributed by atoms with Gasteiger partial charge in [0.1, 0.15) is 0 Å². The van der Waals surface area contributed by atoms with E-state index in [0.29, 0.717) is 17.4 Å². The van der Waals surface area contributed by atoms with Gasteiger partial charge < -0.3 is 14.2 Å². The van der Waals surface area contributed by atoms with E-state index in [2.05, 4.69) is 4.99 Å². The van der Waals surface area contributed by atoms with E-state index >= 15 is 0 Å². The summed E-state index contributed by atoms with van der Waals surface area (Å²) in [6.45, 7) is 0. The molecule has 3 aromatic carbocycles. The van der Waals surface area contributed by atoms with Crippen molar-refractivity contribution in [2.75, 3.05) is 14.2 Å². The lowest BCUT2D eigenvalue weighted by Gasteiger charge is -2.07. The number of ether oxygens (including phenoxy) is 3. The Morgan fingerprint density at radius 3 is 2.52 bits per heavy atom. The monoisotopic (exact) mass is 359 g/mol. The molecule has 1 aliphatic rings. The average molecular weight is 359 g/mol. The first-order chi connectivity index (χ1) is 13.2. The Balaban J connectivity index is 1.74. The second-order valence-corrected chi connectivity index (χ2v) is 5.98. The normalized spacial score (nSPS) is 15.0. The number of aliphatic imine (C=N–C) groups is 1. The van der Waals surface area contributed by atoms with Crippen LogP contribution in [0.15, 0.2) is 71.4 Å². The summed E-state index contributed by atoms with van der Waals surface area (Å²) >= 11 is 0. The van der Waals surface area contributed by atoms with E-state index in [-0.39, 0.29) is 5.70 Å². The number of fused-ring (bicyclic) bond motifs is 1. The highest BCUT2D eigenvalue weighted by Crippen LogP contribution is 2.30. The van der Waals surface area contributed by atoms with Gasteiger partial charge in [-0.3, -0.25) is 0 Å². The molecule has 0 N–H and O–H groups in total. The molecule has 1 aliphatic heterocycles. The fourth-order valence-electron chi connectivity index (χ4n) is 3.04. The van der Waals surface area contributed by atoms with Crippen molar-refractivity contribution < 1.29 is 19.0 Å². The van der Waals surface area contributed by atoms with Crippen LogP contribution in [0.1, 0.15) is 11.1 Å². The lowest BCUT2D eigenvalue weighted by atomic mass is 10.0. The van der Waals surface area contributed by atoms with E-state index in [1.54, 1.807) is 32.4 Å². The van der Waals surface area contributed by atoms with Crippen LogP contribution in [0.4, 0.5) is 0 Å². The first-order valence-electron chi connectivity index (χ1n) is 8.42. The van der Waals surface area contributed by atoms with Crippen molar-refractivity contribution in [2.45, 2.75) is 0 Å². The second kappa shape index (κ2) is 6.96. The average Bonchev–Trinajstić information content (AvgIpc) is 3.07. The van der Waals surface area contributed by atoms with Crippen LogP contribution in [-0.2, 0) is 9.53 Å². The summed E-state index contributed by atoms with van der Waals surface area (Å²) in [5.41, 5.74) is 1.80. The molecule has 0 amide bonds. The molecule has 0 saturated carbocycles. The van der Waals surface area contributed by atoms with Crippen LogP contribution in [0, 0.1) is 0 Å². The molecule has 5 heteroatoms. The van der Waals surface area contributed by atoms with E-state index in [0.717, 1.165) is 21.9 Å². The minimum Gasteiger partial charge on any atom is -0.493 e. The summed E-state index contributed by atoms with van der Waals surface area (Å²) in [7, 11) is 3.14. The SMILES string of the molecule is COc1ccc(/C=C2/N=C(c3cccc4ccccc34)OC2=O)cc1OC. The number of esters is 1. The molecule has 0 radical (unpaired) electrons. The maximum absolute atomic E-state index is 12.3. The molecule has 0 saturated heterocycles. The third kappa shape index (κ3) is 3.15. The van der Waals surface area contributed by atoms with Gasteiger partial charge in [0.15, 0.2) is 17.2 Å². The Morgan fingerprint density at radius 2 is 1.70 bits per heavy atom. The highest BCUT2D eigenvalue weighted by Gasteiger charge is 2.25. The Labute approximate surface area is 156 Å². The van der Waals surface area contributed by atoms with Crippen LogP contribution in [0.2, 0.25) is 0 Å². The van der Waals surface area contributed by atoms with Crippen molar-refractivity contribution in [3.8, 4) is 11.5 Å². The van der Waals surface area contributed by atoms with Gasteiger partial charge in [-0.1, -0.05) is 42.5 Å². The molecular formula is C22H17NO4. The fourth-order valence-corrected chi connectivity index (χ4v) is 3.04. The van der Waals surface area contributed by atoms with Crippen molar-refractivity contribution in [1.29, 1.82) is 0 Å². The van der Waals surface area contributed by atoms with E-state index < -0.39 is 5.97 Å². The van der Waals surface area contributed by atoms with Crippen LogP contribution < -0.4 is 9.47 Å². The molecule has 0 spiro atoms. The van der Waals surface area contributed by atoms with Crippen LogP contribution in [0.3, 0.4) is 0 Å². The molecule has 0 fully saturated rings. The third-order valence-corrected chi connectivity index (χ3v) is 4.35. The van der Waals surface area contributed by atoms with Crippen molar-refractivity contribution in [2.24, 2.45) is 4.99 Å². The number of carbonyl (C=O) groups is 1. The summed E-state index contributed by atoms with van der Waals surface area (Å²) in [5.74, 6) is 1.03. The van der Waals surface area contributed by atoms with Crippen LogP contribution in [-0.4, -0.2) is 26.1 Å². The van der Waals surface area contributed by atoms with Gasteiger partial charge in [0, 0.05) is 5.56 Å². The summed E-state index contributed by atoms with van der Waals surface area (Å²) in [5, 5.41) is 2.05. The van der Waals surface area contributed by atoms with Crippen molar-refractivity contribution in [3.05, 3.63) is 77.5 Å². The number of methoxy groups -OCH3 is 2.